The van der Waals surface area contributed by atoms with E-state index in [1.807, 2.05) is 6.92 Å². The second-order valence-corrected chi connectivity index (χ2v) is 4.47. The number of halogens is 1. The van der Waals surface area contributed by atoms with Gasteiger partial charge in [-0.25, -0.2) is 5.48 Å². The highest BCUT2D eigenvalue weighted by molar-refractivity contribution is 9.10. The normalized spacial score (nSPS) is 20.2. The lowest BCUT2D eigenvalue weighted by atomic mass is 10.3. The van der Waals surface area contributed by atoms with Crippen LogP contribution in [0.15, 0.2) is 0 Å². The fourth-order valence-electron chi connectivity index (χ4n) is 1.40. The first kappa shape index (κ1) is 11.0. The van der Waals surface area contributed by atoms with Crippen molar-refractivity contribution in [3.05, 3.63) is 0 Å². The lowest BCUT2D eigenvalue weighted by Crippen LogP contribution is -2.33. The maximum atomic E-state index is 11.2. The largest absolute Gasteiger partial charge is 0.272 e. The van der Waals surface area contributed by atoms with Crippen molar-refractivity contribution in [2.45, 2.75) is 50.0 Å². The van der Waals surface area contributed by atoms with Crippen LogP contribution in [0.2, 0.25) is 0 Å². The third-order valence-corrected chi connectivity index (χ3v) is 3.33. The topological polar surface area (TPSA) is 38.3 Å². The minimum absolute atomic E-state index is 0.0746. The molecule has 0 spiro atoms. The molecule has 1 fully saturated rings. The fourth-order valence-corrected chi connectivity index (χ4v) is 1.49. The first-order chi connectivity index (χ1) is 6.24. The molecule has 1 rings (SSSR count). The van der Waals surface area contributed by atoms with Crippen molar-refractivity contribution in [2.75, 3.05) is 0 Å². The average molecular weight is 250 g/mol. The molecule has 0 bridgehead atoms. The molecule has 0 radical (unpaired) electrons. The van der Waals surface area contributed by atoms with Gasteiger partial charge in [-0.05, 0) is 19.3 Å². The number of nitrogens with one attached hydrogen (secondary N) is 1. The molecule has 1 aliphatic rings. The van der Waals surface area contributed by atoms with Crippen molar-refractivity contribution < 1.29 is 9.63 Å². The van der Waals surface area contributed by atoms with Crippen LogP contribution in [-0.4, -0.2) is 16.8 Å². The number of hydroxylamine groups is 1. The molecule has 0 aromatic heterocycles. The van der Waals surface area contributed by atoms with Crippen molar-refractivity contribution in [1.82, 2.24) is 5.48 Å². The molecule has 0 aliphatic heterocycles. The van der Waals surface area contributed by atoms with E-state index in [0.29, 0.717) is 0 Å². The van der Waals surface area contributed by atoms with Crippen molar-refractivity contribution in [1.29, 1.82) is 0 Å². The van der Waals surface area contributed by atoms with Crippen LogP contribution < -0.4 is 5.48 Å². The number of carbonyl (C=O) groups excluding carboxylic acids is 1. The lowest BCUT2D eigenvalue weighted by Gasteiger charge is -2.13. The van der Waals surface area contributed by atoms with Gasteiger partial charge in [-0.3, -0.25) is 9.63 Å². The van der Waals surface area contributed by atoms with Gasteiger partial charge in [0.15, 0.2) is 0 Å². The SMILES string of the molecule is CCC(Br)C(=O)NOC1CCCC1. The molecule has 1 amide bonds. The van der Waals surface area contributed by atoms with E-state index >= 15 is 0 Å². The van der Waals surface area contributed by atoms with Gasteiger partial charge in [-0.1, -0.05) is 35.7 Å². The van der Waals surface area contributed by atoms with Crippen LogP contribution in [0.5, 0.6) is 0 Å². The maximum absolute atomic E-state index is 11.2. The van der Waals surface area contributed by atoms with Crippen LogP contribution >= 0.6 is 15.9 Å². The van der Waals surface area contributed by atoms with Crippen LogP contribution in [0, 0.1) is 0 Å². The summed E-state index contributed by atoms with van der Waals surface area (Å²) < 4.78 is 0. The second-order valence-electron chi connectivity index (χ2n) is 3.37. The summed E-state index contributed by atoms with van der Waals surface area (Å²) in [5, 5.41) is 0. The highest BCUT2D eigenvalue weighted by Crippen LogP contribution is 2.20. The minimum atomic E-state index is -0.131. The van der Waals surface area contributed by atoms with Crippen LogP contribution in [-0.2, 0) is 9.63 Å². The average Bonchev–Trinajstić information content (AvgIpc) is 2.65. The summed E-state index contributed by atoms with van der Waals surface area (Å²) >= 11 is 3.26. The van der Waals surface area contributed by atoms with Gasteiger partial charge < -0.3 is 0 Å². The van der Waals surface area contributed by atoms with Gasteiger partial charge in [0.1, 0.15) is 0 Å². The Labute approximate surface area is 87.3 Å². The molecule has 1 atom stereocenters. The Bertz CT molecular complexity index is 169. The minimum Gasteiger partial charge on any atom is -0.272 e. The van der Waals surface area contributed by atoms with Crippen molar-refractivity contribution in [2.24, 2.45) is 0 Å². The molecule has 76 valence electrons. The molecule has 4 heteroatoms. The van der Waals surface area contributed by atoms with Gasteiger partial charge in [-0.2, -0.15) is 0 Å². The standard InChI is InChI=1S/C9H16BrNO2/c1-2-8(10)9(12)11-13-7-5-3-4-6-7/h7-8H,2-6H2,1H3,(H,11,12). The Morgan fingerprint density at radius 2 is 2.23 bits per heavy atom. The van der Waals surface area contributed by atoms with Gasteiger partial charge in [0.05, 0.1) is 10.9 Å². The van der Waals surface area contributed by atoms with Gasteiger partial charge in [-0.15, -0.1) is 0 Å². The Kier molecular flexibility index (Phi) is 4.73. The monoisotopic (exact) mass is 249 g/mol. The lowest BCUT2D eigenvalue weighted by molar-refractivity contribution is -0.137. The number of amides is 1. The van der Waals surface area contributed by atoms with Crippen molar-refractivity contribution in [3.8, 4) is 0 Å². The van der Waals surface area contributed by atoms with Crippen LogP contribution in [0.4, 0.5) is 0 Å². The molecular formula is C9H16BrNO2. The predicted molar refractivity (Wildman–Crippen MR) is 54.5 cm³/mol. The molecule has 1 N–H and O–H groups in total. The zero-order chi connectivity index (χ0) is 9.68. The summed E-state index contributed by atoms with van der Waals surface area (Å²) in [6.07, 6.45) is 5.58. The Morgan fingerprint density at radius 3 is 2.77 bits per heavy atom. The summed E-state index contributed by atoms with van der Waals surface area (Å²) in [5.41, 5.74) is 2.49. The van der Waals surface area contributed by atoms with E-state index in [4.69, 9.17) is 4.84 Å². The van der Waals surface area contributed by atoms with Crippen LogP contribution in [0.1, 0.15) is 39.0 Å². The first-order valence-corrected chi connectivity index (χ1v) is 5.75. The molecule has 1 saturated carbocycles. The number of hydrogen-bond donors (Lipinski definition) is 1. The van der Waals surface area contributed by atoms with Gasteiger partial charge in [0.2, 0.25) is 0 Å². The smallest absolute Gasteiger partial charge is 0.257 e. The van der Waals surface area contributed by atoms with E-state index in [-0.39, 0.29) is 16.8 Å². The van der Waals surface area contributed by atoms with E-state index < -0.39 is 0 Å². The van der Waals surface area contributed by atoms with Gasteiger partial charge in [0.25, 0.3) is 5.91 Å². The molecular weight excluding hydrogens is 234 g/mol. The summed E-state index contributed by atoms with van der Waals surface area (Å²) in [4.78, 5) is 16.4. The van der Waals surface area contributed by atoms with E-state index in [9.17, 15) is 4.79 Å². The molecule has 1 unspecified atom stereocenters. The fraction of sp³-hybridized carbons (Fsp3) is 0.889. The molecule has 0 aromatic rings. The summed E-state index contributed by atoms with van der Waals surface area (Å²) in [7, 11) is 0. The first-order valence-electron chi connectivity index (χ1n) is 4.83. The van der Waals surface area contributed by atoms with E-state index in [1.54, 1.807) is 0 Å². The zero-order valence-corrected chi connectivity index (χ0v) is 9.47. The van der Waals surface area contributed by atoms with Crippen molar-refractivity contribution >= 4 is 21.8 Å². The molecule has 13 heavy (non-hydrogen) atoms. The molecule has 0 aromatic carbocycles. The number of alkyl halides is 1. The highest BCUT2D eigenvalue weighted by Gasteiger charge is 2.18. The van der Waals surface area contributed by atoms with E-state index in [1.165, 1.54) is 12.8 Å². The second kappa shape index (κ2) is 5.60. The third-order valence-electron chi connectivity index (χ3n) is 2.27. The Morgan fingerprint density at radius 1 is 1.62 bits per heavy atom. The molecule has 3 nitrogen and oxygen atoms in total. The number of rotatable bonds is 4. The quantitative estimate of drug-likeness (QED) is 0.613. The summed E-state index contributed by atoms with van der Waals surface area (Å²) in [6, 6.07) is 0. The third kappa shape index (κ3) is 3.65. The molecule has 0 saturated heterocycles. The maximum Gasteiger partial charge on any atom is 0.257 e. The Balaban J connectivity index is 2.13. The van der Waals surface area contributed by atoms with Gasteiger partial charge >= 0.3 is 0 Å². The van der Waals surface area contributed by atoms with Crippen LogP contribution in [0.3, 0.4) is 0 Å². The van der Waals surface area contributed by atoms with Gasteiger partial charge in [0, 0.05) is 0 Å². The van der Waals surface area contributed by atoms with E-state index in [0.717, 1.165) is 19.3 Å². The highest BCUT2D eigenvalue weighted by atomic mass is 79.9. The summed E-state index contributed by atoms with van der Waals surface area (Å²) in [6.45, 7) is 1.95. The van der Waals surface area contributed by atoms with E-state index in [2.05, 4.69) is 21.4 Å². The predicted octanol–water partition coefficient (Wildman–Crippen LogP) is 2.15. The zero-order valence-electron chi connectivity index (χ0n) is 7.88. The summed E-state index contributed by atoms with van der Waals surface area (Å²) in [5.74, 6) is -0.0746. The number of carbonyl (C=O) groups is 1. The van der Waals surface area contributed by atoms with Crippen LogP contribution in [0.25, 0.3) is 0 Å². The molecule has 0 heterocycles. The van der Waals surface area contributed by atoms with Crippen molar-refractivity contribution in [3.63, 3.8) is 0 Å². The molecule has 1 aliphatic carbocycles. The number of hydrogen-bond acceptors (Lipinski definition) is 2. The Hall–Kier alpha value is -0.0900.